The van der Waals surface area contributed by atoms with Crippen molar-refractivity contribution in [2.24, 2.45) is 5.92 Å². The first-order chi connectivity index (χ1) is 14.9. The van der Waals surface area contributed by atoms with E-state index in [0.29, 0.717) is 22.8 Å². The number of anilines is 1. The molecule has 0 aliphatic rings. The van der Waals surface area contributed by atoms with Crippen LogP contribution < -0.4 is 34.6 Å². The highest BCUT2D eigenvalue weighted by Gasteiger charge is 2.35. The van der Waals surface area contributed by atoms with Crippen LogP contribution >= 0.6 is 22.9 Å². The molecule has 0 bridgehead atoms. The molecular formula is C24H26ClIN2O3S. The third-order valence-electron chi connectivity index (χ3n) is 5.48. The molecule has 0 fully saturated rings. The Kier molecular flexibility index (Phi) is 9.69. The van der Waals surface area contributed by atoms with Crippen molar-refractivity contribution in [2.75, 3.05) is 11.4 Å². The maximum atomic E-state index is 13.7. The second kappa shape index (κ2) is 11.8. The fraction of sp³-hybridized carbons (Fsp3) is 0.250. The Morgan fingerprint density at radius 3 is 2.31 bits per heavy atom. The van der Waals surface area contributed by atoms with Crippen LogP contribution in [-0.2, 0) is 0 Å². The molecule has 3 aromatic rings. The van der Waals surface area contributed by atoms with Gasteiger partial charge in [-0.3, -0.25) is 9.69 Å². The zero-order chi connectivity index (χ0) is 22.5. The maximum absolute atomic E-state index is 13.7. The highest BCUT2D eigenvalue weighted by Crippen LogP contribution is 2.39. The Labute approximate surface area is 214 Å². The summed E-state index contributed by atoms with van der Waals surface area (Å²) < 4.78 is 0. The van der Waals surface area contributed by atoms with E-state index in [4.69, 9.17) is 11.6 Å². The summed E-state index contributed by atoms with van der Waals surface area (Å²) in [6, 6.07) is 17.9. The lowest BCUT2D eigenvalue weighted by Crippen LogP contribution is -3.00. The van der Waals surface area contributed by atoms with Gasteiger partial charge in [-0.2, -0.15) is 0 Å². The third kappa shape index (κ3) is 5.51. The van der Waals surface area contributed by atoms with E-state index in [1.54, 1.807) is 35.2 Å². The van der Waals surface area contributed by atoms with Gasteiger partial charge in [0.25, 0.3) is 5.91 Å². The average molecular weight is 585 g/mol. The number of hydrogen-bond donors (Lipinski definition) is 2. The molecule has 1 aromatic heterocycles. The van der Waals surface area contributed by atoms with Gasteiger partial charge in [0.2, 0.25) is 0 Å². The molecule has 170 valence electrons. The first-order valence-electron chi connectivity index (χ1n) is 10.2. The maximum Gasteiger partial charge on any atom is 0.348 e. The lowest BCUT2D eigenvalue weighted by Gasteiger charge is -2.33. The van der Waals surface area contributed by atoms with E-state index in [-0.39, 0.29) is 46.7 Å². The summed E-state index contributed by atoms with van der Waals surface area (Å²) >= 11 is 7.50. The summed E-state index contributed by atoms with van der Waals surface area (Å²) in [5.41, 5.74) is 5.70. The van der Waals surface area contributed by atoms with Crippen LogP contribution in [0.2, 0.25) is 5.02 Å². The summed E-state index contributed by atoms with van der Waals surface area (Å²) in [6.45, 7) is 4.54. The molecule has 0 saturated carbocycles. The standard InChI is InChI=1S/C24H25ClN2O3S.HI/c1-3-15(2)20(14-26)27(23(28)17-11-7-8-12-18(17)25)19-13-21(31-22(19)24(29)30)16-9-5-4-6-10-16;/h4-13,15,20H,3,14,26H2,1-2H3,(H,29,30);1H. The smallest absolute Gasteiger partial charge is 0.348 e. The van der Waals surface area contributed by atoms with Crippen LogP contribution in [-0.4, -0.2) is 29.6 Å². The number of nitrogens with zero attached hydrogens (tertiary/aromatic N) is 1. The first kappa shape index (κ1) is 26.3. The molecule has 0 spiro atoms. The normalized spacial score (nSPS) is 12.5. The van der Waals surface area contributed by atoms with Gasteiger partial charge in [0.1, 0.15) is 4.88 Å². The van der Waals surface area contributed by atoms with Gasteiger partial charge in [-0.25, -0.2) is 4.79 Å². The van der Waals surface area contributed by atoms with Crippen molar-refractivity contribution < 1.29 is 44.4 Å². The second-order valence-electron chi connectivity index (χ2n) is 7.39. The van der Waals surface area contributed by atoms with Crippen LogP contribution in [0, 0.1) is 5.92 Å². The summed E-state index contributed by atoms with van der Waals surface area (Å²) in [5.74, 6) is -1.27. The van der Waals surface area contributed by atoms with Crippen molar-refractivity contribution in [1.82, 2.24) is 0 Å². The molecule has 4 N–H and O–H groups in total. The Morgan fingerprint density at radius 1 is 1.12 bits per heavy atom. The van der Waals surface area contributed by atoms with E-state index in [9.17, 15) is 14.7 Å². The van der Waals surface area contributed by atoms with E-state index in [0.717, 1.165) is 16.9 Å². The summed E-state index contributed by atoms with van der Waals surface area (Å²) in [4.78, 5) is 28.4. The predicted molar refractivity (Wildman–Crippen MR) is 126 cm³/mol. The van der Waals surface area contributed by atoms with Gasteiger partial charge in [0.05, 0.1) is 28.9 Å². The fourth-order valence-corrected chi connectivity index (χ4v) is 4.81. The first-order valence-corrected chi connectivity index (χ1v) is 11.4. The number of thiophene rings is 1. The summed E-state index contributed by atoms with van der Waals surface area (Å²) in [5, 5.41) is 10.3. The van der Waals surface area contributed by atoms with E-state index in [1.807, 2.05) is 44.2 Å². The number of halogens is 2. The number of rotatable bonds is 8. The zero-order valence-electron chi connectivity index (χ0n) is 17.9. The van der Waals surface area contributed by atoms with Crippen molar-refractivity contribution in [3.63, 3.8) is 0 Å². The highest BCUT2D eigenvalue weighted by molar-refractivity contribution is 7.18. The van der Waals surface area contributed by atoms with Crippen LogP contribution in [0.25, 0.3) is 10.4 Å². The van der Waals surface area contributed by atoms with Crippen molar-refractivity contribution >= 4 is 40.5 Å². The van der Waals surface area contributed by atoms with Crippen molar-refractivity contribution in [3.05, 3.63) is 76.1 Å². The molecule has 1 amide bonds. The molecule has 32 heavy (non-hydrogen) atoms. The number of aromatic carboxylic acids is 1. The number of quaternary nitrogens is 1. The molecule has 0 aliphatic heterocycles. The van der Waals surface area contributed by atoms with E-state index < -0.39 is 5.97 Å². The monoisotopic (exact) mass is 584 g/mol. The van der Waals surface area contributed by atoms with Crippen molar-refractivity contribution in [1.29, 1.82) is 0 Å². The molecule has 8 heteroatoms. The molecule has 1 heterocycles. The number of carboxylic acids is 1. The number of amides is 1. The molecule has 2 aromatic carbocycles. The number of hydrogen-bond acceptors (Lipinski definition) is 3. The minimum absolute atomic E-state index is 0. The average Bonchev–Trinajstić information content (AvgIpc) is 3.22. The zero-order valence-corrected chi connectivity index (χ0v) is 21.7. The van der Waals surface area contributed by atoms with Crippen LogP contribution in [0.5, 0.6) is 0 Å². The number of carboxylic acid groups (broad SMARTS) is 1. The largest absolute Gasteiger partial charge is 1.00 e. The van der Waals surface area contributed by atoms with Gasteiger partial charge < -0.3 is 34.8 Å². The van der Waals surface area contributed by atoms with Gasteiger partial charge >= 0.3 is 5.97 Å². The molecule has 0 aliphatic carbocycles. The van der Waals surface area contributed by atoms with E-state index in [1.165, 1.54) is 11.3 Å². The Balaban J connectivity index is 0.00000363. The molecule has 2 atom stereocenters. The third-order valence-corrected chi connectivity index (χ3v) is 6.97. The molecule has 0 radical (unpaired) electrons. The molecule has 5 nitrogen and oxygen atoms in total. The molecule has 0 saturated heterocycles. The lowest BCUT2D eigenvalue weighted by atomic mass is 9.96. The molecular weight excluding hydrogens is 559 g/mol. The van der Waals surface area contributed by atoms with E-state index >= 15 is 0 Å². The number of benzene rings is 2. The van der Waals surface area contributed by atoms with Crippen LogP contribution in [0.1, 0.15) is 40.3 Å². The minimum atomic E-state index is -1.06. The molecule has 3 rings (SSSR count). The molecule has 2 unspecified atom stereocenters. The topological polar surface area (TPSA) is 85.3 Å². The highest BCUT2D eigenvalue weighted by atomic mass is 127. The number of carbonyl (C=O) groups is 2. The van der Waals surface area contributed by atoms with Crippen LogP contribution in [0.15, 0.2) is 60.7 Å². The minimum Gasteiger partial charge on any atom is -1.00 e. The second-order valence-corrected chi connectivity index (χ2v) is 8.85. The van der Waals surface area contributed by atoms with Gasteiger partial charge in [0.15, 0.2) is 0 Å². The van der Waals surface area contributed by atoms with Gasteiger partial charge in [-0.1, -0.05) is 74.3 Å². The lowest BCUT2D eigenvalue weighted by molar-refractivity contribution is -0.373. The Morgan fingerprint density at radius 2 is 1.75 bits per heavy atom. The SMILES string of the molecule is CCC(C)C(C[NH3+])N(C(=O)c1ccccc1Cl)c1cc(-c2ccccc2)sc1C(=O)O.[I-]. The quantitative estimate of drug-likeness (QED) is 0.398. The fourth-order valence-electron chi connectivity index (χ4n) is 3.60. The summed E-state index contributed by atoms with van der Waals surface area (Å²) in [6.07, 6.45) is 0.824. The van der Waals surface area contributed by atoms with Gasteiger partial charge in [0, 0.05) is 4.88 Å². The van der Waals surface area contributed by atoms with Crippen molar-refractivity contribution in [2.45, 2.75) is 26.3 Å². The van der Waals surface area contributed by atoms with Gasteiger partial charge in [-0.15, -0.1) is 11.3 Å². The van der Waals surface area contributed by atoms with Crippen LogP contribution in [0.3, 0.4) is 0 Å². The van der Waals surface area contributed by atoms with Gasteiger partial charge in [-0.05, 0) is 29.7 Å². The number of carbonyl (C=O) groups excluding carboxylic acids is 1. The van der Waals surface area contributed by atoms with Crippen molar-refractivity contribution in [3.8, 4) is 10.4 Å². The van der Waals surface area contributed by atoms with E-state index in [2.05, 4.69) is 5.73 Å². The predicted octanol–water partition coefficient (Wildman–Crippen LogP) is 2.07. The Hall–Kier alpha value is -1.94. The Bertz CT molecular complexity index is 1070. The van der Waals surface area contributed by atoms with Crippen LogP contribution in [0.4, 0.5) is 5.69 Å². The summed E-state index contributed by atoms with van der Waals surface area (Å²) in [7, 11) is 0.